The van der Waals surface area contributed by atoms with E-state index in [0.29, 0.717) is 12.8 Å². The summed E-state index contributed by atoms with van der Waals surface area (Å²) in [6.07, 6.45) is 2.80. The van der Waals surface area contributed by atoms with Gasteiger partial charge in [0.2, 0.25) is 0 Å². The van der Waals surface area contributed by atoms with Gasteiger partial charge in [-0.25, -0.2) is 0 Å². The first-order chi connectivity index (χ1) is 7.74. The number of rotatable bonds is 3. The molecule has 17 heavy (non-hydrogen) atoms. The molecule has 0 spiro atoms. The monoisotopic (exact) mass is 242 g/mol. The van der Waals surface area contributed by atoms with Gasteiger partial charge in [-0.2, -0.15) is 0 Å². The van der Waals surface area contributed by atoms with E-state index in [1.807, 2.05) is 13.8 Å². The van der Waals surface area contributed by atoms with Gasteiger partial charge in [0.1, 0.15) is 0 Å². The minimum absolute atomic E-state index is 0.207. The van der Waals surface area contributed by atoms with Crippen molar-refractivity contribution in [3.05, 3.63) is 0 Å². The third kappa shape index (κ3) is 2.61. The number of carboxylic acids is 1. The van der Waals surface area contributed by atoms with Crippen LogP contribution in [0.4, 0.5) is 0 Å². The van der Waals surface area contributed by atoms with E-state index in [1.54, 1.807) is 6.92 Å². The molecule has 1 fully saturated rings. The average molecular weight is 242 g/mol. The molecule has 0 aromatic rings. The number of carbonyl (C=O) groups excluding carboxylic acids is 1. The van der Waals surface area contributed by atoms with Crippen LogP contribution in [0, 0.1) is 16.7 Å². The molecule has 98 valence electrons. The van der Waals surface area contributed by atoms with Gasteiger partial charge in [0.15, 0.2) is 0 Å². The molecule has 0 atom stereocenters. The Morgan fingerprint density at radius 3 is 2.12 bits per heavy atom. The molecule has 0 radical (unpaired) electrons. The fourth-order valence-electron chi connectivity index (χ4n) is 2.62. The Balaban J connectivity index is 2.70. The Labute approximate surface area is 102 Å². The summed E-state index contributed by atoms with van der Waals surface area (Å²) in [7, 11) is 1.40. The minimum atomic E-state index is -0.730. The minimum Gasteiger partial charge on any atom is -0.481 e. The lowest BCUT2D eigenvalue weighted by atomic mass is 9.64. The third-order valence-electron chi connectivity index (χ3n) is 4.34. The topological polar surface area (TPSA) is 63.6 Å². The number of hydrogen-bond acceptors (Lipinski definition) is 3. The second kappa shape index (κ2) is 4.67. The average Bonchev–Trinajstić information content (AvgIpc) is 2.28. The molecule has 1 aliphatic rings. The first-order valence-electron chi connectivity index (χ1n) is 6.06. The molecule has 0 unspecified atom stereocenters. The van der Waals surface area contributed by atoms with Crippen LogP contribution in [-0.2, 0) is 14.3 Å². The van der Waals surface area contributed by atoms with Gasteiger partial charge in [-0.3, -0.25) is 9.59 Å². The van der Waals surface area contributed by atoms with E-state index in [1.165, 1.54) is 7.11 Å². The van der Waals surface area contributed by atoms with Crippen LogP contribution < -0.4 is 0 Å². The lowest BCUT2D eigenvalue weighted by Gasteiger charge is -2.40. The van der Waals surface area contributed by atoms with Gasteiger partial charge in [0.25, 0.3) is 0 Å². The predicted molar refractivity (Wildman–Crippen MR) is 63.5 cm³/mol. The van der Waals surface area contributed by atoms with E-state index in [0.717, 1.165) is 12.8 Å². The van der Waals surface area contributed by atoms with Crippen molar-refractivity contribution >= 4 is 11.9 Å². The molecule has 0 heterocycles. The van der Waals surface area contributed by atoms with E-state index >= 15 is 0 Å². The fraction of sp³-hybridized carbons (Fsp3) is 0.846. The van der Waals surface area contributed by atoms with Gasteiger partial charge >= 0.3 is 11.9 Å². The van der Waals surface area contributed by atoms with Crippen molar-refractivity contribution in [2.24, 2.45) is 16.7 Å². The molecule has 1 saturated carbocycles. The summed E-state index contributed by atoms with van der Waals surface area (Å²) >= 11 is 0. The van der Waals surface area contributed by atoms with E-state index in [-0.39, 0.29) is 11.9 Å². The second-order valence-corrected chi connectivity index (χ2v) is 5.85. The summed E-state index contributed by atoms with van der Waals surface area (Å²) in [5.41, 5.74) is -1.14. The van der Waals surface area contributed by atoms with Gasteiger partial charge in [-0.15, -0.1) is 0 Å². The highest BCUT2D eigenvalue weighted by Gasteiger charge is 2.44. The summed E-state index contributed by atoms with van der Waals surface area (Å²) in [5.74, 6) is -0.726. The molecular formula is C13H22O4. The first kappa shape index (κ1) is 14.0. The molecule has 4 nitrogen and oxygen atoms in total. The Kier molecular flexibility index (Phi) is 3.84. The van der Waals surface area contributed by atoms with E-state index in [9.17, 15) is 9.59 Å². The fourth-order valence-corrected chi connectivity index (χ4v) is 2.62. The van der Waals surface area contributed by atoms with E-state index < -0.39 is 16.8 Å². The van der Waals surface area contributed by atoms with Crippen LogP contribution in [0.3, 0.4) is 0 Å². The lowest BCUT2D eigenvalue weighted by molar-refractivity contribution is -0.157. The van der Waals surface area contributed by atoms with Crippen LogP contribution in [0.5, 0.6) is 0 Å². The molecule has 0 saturated heterocycles. The summed E-state index contributed by atoms with van der Waals surface area (Å²) in [4.78, 5) is 22.8. The standard InChI is InChI=1S/C13H22O4/c1-12(2,11(16)17-4)9-5-7-13(3,8-6-9)10(14)15/h9H,5-8H2,1-4H3,(H,14,15). The molecule has 0 amide bonds. The van der Waals surface area contributed by atoms with E-state index in [4.69, 9.17) is 9.84 Å². The molecule has 1 aliphatic carbocycles. The van der Waals surface area contributed by atoms with Crippen molar-refractivity contribution in [2.45, 2.75) is 46.5 Å². The number of hydrogen-bond donors (Lipinski definition) is 1. The number of carbonyl (C=O) groups is 2. The Morgan fingerprint density at radius 1 is 1.29 bits per heavy atom. The zero-order chi connectivity index (χ0) is 13.3. The van der Waals surface area contributed by atoms with Crippen molar-refractivity contribution in [1.29, 1.82) is 0 Å². The second-order valence-electron chi connectivity index (χ2n) is 5.85. The summed E-state index contributed by atoms with van der Waals surface area (Å²) < 4.78 is 4.81. The number of ether oxygens (including phenoxy) is 1. The van der Waals surface area contributed by atoms with Gasteiger partial charge in [0, 0.05) is 0 Å². The van der Waals surface area contributed by atoms with Crippen LogP contribution in [-0.4, -0.2) is 24.2 Å². The van der Waals surface area contributed by atoms with Gasteiger partial charge in [0.05, 0.1) is 17.9 Å². The molecule has 0 aromatic carbocycles. The molecule has 0 aromatic heterocycles. The summed E-state index contributed by atoms with van der Waals surface area (Å²) in [5, 5.41) is 9.15. The Hall–Kier alpha value is -1.06. The molecule has 4 heteroatoms. The zero-order valence-corrected chi connectivity index (χ0v) is 11.1. The number of esters is 1. The van der Waals surface area contributed by atoms with Crippen LogP contribution in [0.1, 0.15) is 46.5 Å². The summed E-state index contributed by atoms with van der Waals surface area (Å²) in [6.45, 7) is 5.55. The smallest absolute Gasteiger partial charge is 0.311 e. The molecule has 1 rings (SSSR count). The molecule has 0 bridgehead atoms. The molecule has 1 N–H and O–H groups in total. The number of aliphatic carboxylic acids is 1. The lowest BCUT2D eigenvalue weighted by Crippen LogP contribution is -2.40. The van der Waals surface area contributed by atoms with E-state index in [2.05, 4.69) is 0 Å². The van der Waals surface area contributed by atoms with Crippen LogP contribution in [0.15, 0.2) is 0 Å². The highest BCUT2D eigenvalue weighted by atomic mass is 16.5. The van der Waals surface area contributed by atoms with Crippen LogP contribution in [0.2, 0.25) is 0 Å². The maximum Gasteiger partial charge on any atom is 0.311 e. The Morgan fingerprint density at radius 2 is 1.76 bits per heavy atom. The van der Waals surface area contributed by atoms with Crippen LogP contribution >= 0.6 is 0 Å². The molecular weight excluding hydrogens is 220 g/mol. The number of methoxy groups -OCH3 is 1. The maximum absolute atomic E-state index is 11.7. The van der Waals surface area contributed by atoms with Crippen LogP contribution in [0.25, 0.3) is 0 Å². The number of carboxylic acid groups (broad SMARTS) is 1. The third-order valence-corrected chi connectivity index (χ3v) is 4.34. The molecule has 0 aliphatic heterocycles. The SMILES string of the molecule is COC(=O)C(C)(C)C1CCC(C)(C(=O)O)CC1. The highest BCUT2D eigenvalue weighted by molar-refractivity contribution is 5.76. The zero-order valence-electron chi connectivity index (χ0n) is 11.1. The highest BCUT2D eigenvalue weighted by Crippen LogP contribution is 2.45. The van der Waals surface area contributed by atoms with Crippen molar-refractivity contribution in [3.8, 4) is 0 Å². The first-order valence-corrected chi connectivity index (χ1v) is 6.06. The van der Waals surface area contributed by atoms with Crippen molar-refractivity contribution in [3.63, 3.8) is 0 Å². The normalized spacial score (nSPS) is 29.8. The summed E-state index contributed by atoms with van der Waals surface area (Å²) in [6, 6.07) is 0. The Bertz CT molecular complexity index is 311. The van der Waals surface area contributed by atoms with Gasteiger partial charge < -0.3 is 9.84 Å². The maximum atomic E-state index is 11.7. The van der Waals surface area contributed by atoms with Gasteiger partial charge in [-0.1, -0.05) is 0 Å². The van der Waals surface area contributed by atoms with Gasteiger partial charge in [-0.05, 0) is 52.4 Å². The van der Waals surface area contributed by atoms with Crippen molar-refractivity contribution in [1.82, 2.24) is 0 Å². The predicted octanol–water partition coefficient (Wildman–Crippen LogP) is 2.47. The largest absolute Gasteiger partial charge is 0.481 e. The quantitative estimate of drug-likeness (QED) is 0.772. The van der Waals surface area contributed by atoms with Crippen molar-refractivity contribution < 1.29 is 19.4 Å². The van der Waals surface area contributed by atoms with Crippen molar-refractivity contribution in [2.75, 3.05) is 7.11 Å².